The third-order valence-corrected chi connectivity index (χ3v) is 3.16. The fourth-order valence-corrected chi connectivity index (χ4v) is 2.45. The highest BCUT2D eigenvalue weighted by Crippen LogP contribution is 2.17. The van der Waals surface area contributed by atoms with Crippen LogP contribution >= 0.6 is 11.8 Å². The monoisotopic (exact) mass is 187 g/mol. The predicted octanol–water partition coefficient (Wildman–Crippen LogP) is 0.750. The van der Waals surface area contributed by atoms with Gasteiger partial charge in [-0.3, -0.25) is 5.41 Å². The quantitative estimate of drug-likeness (QED) is 0.506. The smallest absolute Gasteiger partial charge is 0.0918 e. The van der Waals surface area contributed by atoms with Crippen molar-refractivity contribution in [1.29, 1.82) is 5.41 Å². The summed E-state index contributed by atoms with van der Waals surface area (Å²) in [6.45, 7) is 5.52. The van der Waals surface area contributed by atoms with E-state index >= 15 is 0 Å². The summed E-state index contributed by atoms with van der Waals surface area (Å²) < 4.78 is 0. The summed E-state index contributed by atoms with van der Waals surface area (Å²) in [5.41, 5.74) is 5.30. The number of thioether (sulfide) groups is 1. The van der Waals surface area contributed by atoms with Crippen molar-refractivity contribution in [1.82, 2.24) is 4.90 Å². The Morgan fingerprint density at radius 1 is 1.75 bits per heavy atom. The van der Waals surface area contributed by atoms with Gasteiger partial charge in [0.15, 0.2) is 0 Å². The first-order valence-electron chi connectivity index (χ1n) is 4.35. The summed E-state index contributed by atoms with van der Waals surface area (Å²) in [5.74, 6) is 1.53. The SMILES string of the molecule is CC1CN(CCC(=N)N)CCS1. The Balaban J connectivity index is 2.18. The molecule has 0 radical (unpaired) electrons. The average Bonchev–Trinajstić information content (AvgIpc) is 2.01. The highest BCUT2D eigenvalue weighted by molar-refractivity contribution is 7.99. The van der Waals surface area contributed by atoms with Gasteiger partial charge in [-0.15, -0.1) is 0 Å². The first kappa shape index (κ1) is 9.86. The lowest BCUT2D eigenvalue weighted by Gasteiger charge is -2.30. The van der Waals surface area contributed by atoms with E-state index in [1.54, 1.807) is 0 Å². The molecule has 3 N–H and O–H groups in total. The Kier molecular flexibility index (Phi) is 3.88. The van der Waals surface area contributed by atoms with Gasteiger partial charge in [0.25, 0.3) is 0 Å². The molecule has 0 spiro atoms. The van der Waals surface area contributed by atoms with Gasteiger partial charge in [0, 0.05) is 37.1 Å². The zero-order chi connectivity index (χ0) is 8.97. The van der Waals surface area contributed by atoms with E-state index in [0.717, 1.165) is 31.3 Å². The largest absolute Gasteiger partial charge is 0.388 e. The number of hydrogen-bond acceptors (Lipinski definition) is 3. The molecule has 0 aliphatic carbocycles. The van der Waals surface area contributed by atoms with Gasteiger partial charge < -0.3 is 10.6 Å². The number of nitrogens with two attached hydrogens (primary N) is 1. The zero-order valence-electron chi connectivity index (χ0n) is 7.55. The second-order valence-electron chi connectivity index (χ2n) is 3.26. The number of hydrogen-bond donors (Lipinski definition) is 2. The summed E-state index contributed by atoms with van der Waals surface area (Å²) in [5, 5.41) is 7.85. The fourth-order valence-electron chi connectivity index (χ4n) is 1.37. The predicted molar refractivity (Wildman–Crippen MR) is 54.9 cm³/mol. The van der Waals surface area contributed by atoms with Gasteiger partial charge in [-0.1, -0.05) is 6.92 Å². The summed E-state index contributed by atoms with van der Waals surface area (Å²) >= 11 is 2.03. The van der Waals surface area contributed by atoms with E-state index in [1.807, 2.05) is 11.8 Å². The standard InChI is InChI=1S/C8H17N3S/c1-7-6-11(4-5-12-7)3-2-8(9)10/h7H,2-6H2,1H3,(H3,9,10). The van der Waals surface area contributed by atoms with Gasteiger partial charge in [0.1, 0.15) is 0 Å². The van der Waals surface area contributed by atoms with E-state index in [4.69, 9.17) is 11.1 Å². The number of nitrogens with one attached hydrogen (secondary N) is 1. The normalized spacial score (nSPS) is 25.6. The molecule has 4 heteroatoms. The maximum absolute atomic E-state index is 7.11. The van der Waals surface area contributed by atoms with Crippen LogP contribution < -0.4 is 5.73 Å². The molecular weight excluding hydrogens is 170 g/mol. The van der Waals surface area contributed by atoms with Crippen LogP contribution in [0.5, 0.6) is 0 Å². The molecule has 1 atom stereocenters. The molecule has 1 saturated heterocycles. The molecule has 1 rings (SSSR count). The Labute approximate surface area is 78.2 Å². The molecule has 12 heavy (non-hydrogen) atoms. The van der Waals surface area contributed by atoms with Crippen LogP contribution in [0.2, 0.25) is 0 Å². The molecule has 0 amide bonds. The highest BCUT2D eigenvalue weighted by atomic mass is 32.2. The van der Waals surface area contributed by atoms with E-state index in [2.05, 4.69) is 11.8 Å². The fraction of sp³-hybridized carbons (Fsp3) is 0.875. The molecule has 0 saturated carbocycles. The lowest BCUT2D eigenvalue weighted by molar-refractivity contribution is 0.294. The number of rotatable bonds is 3. The third kappa shape index (κ3) is 3.45. The molecule has 1 unspecified atom stereocenters. The van der Waals surface area contributed by atoms with Crippen LogP contribution in [-0.2, 0) is 0 Å². The van der Waals surface area contributed by atoms with E-state index in [-0.39, 0.29) is 0 Å². The Bertz CT molecular complexity index is 160. The van der Waals surface area contributed by atoms with Gasteiger partial charge in [0.05, 0.1) is 5.84 Å². The van der Waals surface area contributed by atoms with E-state index in [1.165, 1.54) is 5.75 Å². The van der Waals surface area contributed by atoms with E-state index < -0.39 is 0 Å². The van der Waals surface area contributed by atoms with E-state index in [0.29, 0.717) is 5.84 Å². The molecule has 0 aromatic carbocycles. The van der Waals surface area contributed by atoms with Crippen LogP contribution in [0.15, 0.2) is 0 Å². The Morgan fingerprint density at radius 3 is 3.08 bits per heavy atom. The second kappa shape index (κ2) is 4.72. The van der Waals surface area contributed by atoms with Gasteiger partial charge in [-0.25, -0.2) is 0 Å². The first-order chi connectivity index (χ1) is 5.68. The lowest BCUT2D eigenvalue weighted by Crippen LogP contribution is -2.38. The molecule has 3 nitrogen and oxygen atoms in total. The van der Waals surface area contributed by atoms with Gasteiger partial charge in [-0.05, 0) is 0 Å². The van der Waals surface area contributed by atoms with Gasteiger partial charge in [-0.2, -0.15) is 11.8 Å². The summed E-state index contributed by atoms with van der Waals surface area (Å²) in [6.07, 6.45) is 0.720. The zero-order valence-corrected chi connectivity index (χ0v) is 8.36. The van der Waals surface area contributed by atoms with Crippen molar-refractivity contribution in [3.05, 3.63) is 0 Å². The van der Waals surface area contributed by atoms with Crippen LogP contribution in [0.4, 0.5) is 0 Å². The molecule has 1 fully saturated rings. The summed E-state index contributed by atoms with van der Waals surface area (Å²) in [4.78, 5) is 2.39. The minimum Gasteiger partial charge on any atom is -0.388 e. The molecule has 70 valence electrons. The van der Waals surface area contributed by atoms with E-state index in [9.17, 15) is 0 Å². The van der Waals surface area contributed by atoms with Gasteiger partial charge in [0.2, 0.25) is 0 Å². The molecule has 0 aromatic heterocycles. The molecule has 1 aliphatic heterocycles. The summed E-state index contributed by atoms with van der Waals surface area (Å²) in [6, 6.07) is 0. The molecule has 0 bridgehead atoms. The van der Waals surface area contributed by atoms with Crippen LogP contribution in [0.3, 0.4) is 0 Å². The average molecular weight is 187 g/mol. The summed E-state index contributed by atoms with van der Waals surface area (Å²) in [7, 11) is 0. The molecular formula is C8H17N3S. The van der Waals surface area contributed by atoms with Crippen molar-refractivity contribution >= 4 is 17.6 Å². The highest BCUT2D eigenvalue weighted by Gasteiger charge is 2.15. The molecule has 0 aromatic rings. The van der Waals surface area contributed by atoms with Crippen LogP contribution in [0, 0.1) is 5.41 Å². The second-order valence-corrected chi connectivity index (χ2v) is 4.80. The van der Waals surface area contributed by atoms with Crippen molar-refractivity contribution in [2.45, 2.75) is 18.6 Å². The van der Waals surface area contributed by atoms with Crippen molar-refractivity contribution in [2.75, 3.05) is 25.4 Å². The molecule has 1 heterocycles. The molecule has 1 aliphatic rings. The van der Waals surface area contributed by atoms with Crippen LogP contribution in [0.1, 0.15) is 13.3 Å². The maximum Gasteiger partial charge on any atom is 0.0918 e. The maximum atomic E-state index is 7.11. The lowest BCUT2D eigenvalue weighted by atomic mass is 10.3. The number of nitrogens with zero attached hydrogens (tertiary/aromatic N) is 1. The van der Waals surface area contributed by atoms with Crippen molar-refractivity contribution in [3.63, 3.8) is 0 Å². The Hall–Kier alpha value is -0.220. The number of amidine groups is 1. The minimum absolute atomic E-state index is 0.306. The third-order valence-electron chi connectivity index (χ3n) is 2.02. The van der Waals surface area contributed by atoms with Crippen molar-refractivity contribution < 1.29 is 0 Å². The minimum atomic E-state index is 0.306. The van der Waals surface area contributed by atoms with Crippen molar-refractivity contribution in [3.8, 4) is 0 Å². The van der Waals surface area contributed by atoms with Crippen LogP contribution in [0.25, 0.3) is 0 Å². The van der Waals surface area contributed by atoms with Crippen LogP contribution in [-0.4, -0.2) is 41.4 Å². The topological polar surface area (TPSA) is 53.1 Å². The first-order valence-corrected chi connectivity index (χ1v) is 5.40. The van der Waals surface area contributed by atoms with Gasteiger partial charge >= 0.3 is 0 Å². The Morgan fingerprint density at radius 2 is 2.50 bits per heavy atom. The van der Waals surface area contributed by atoms with Crippen molar-refractivity contribution in [2.24, 2.45) is 5.73 Å².